The predicted molar refractivity (Wildman–Crippen MR) is 76.4 cm³/mol. The smallest absolute Gasteiger partial charge is 0.396 e. The lowest BCUT2D eigenvalue weighted by atomic mass is 10.1. The third-order valence-electron chi connectivity index (χ3n) is 3.69. The molecule has 1 aromatic rings. The van der Waals surface area contributed by atoms with Crippen LogP contribution in [0.5, 0.6) is 0 Å². The SMILES string of the molecule is O=C(Nc1ccc(F)cc1C(F)(F)F)C(=O)NC(CCO)C1CC1. The van der Waals surface area contributed by atoms with Crippen LogP contribution < -0.4 is 10.6 Å². The Labute approximate surface area is 135 Å². The van der Waals surface area contributed by atoms with Gasteiger partial charge in [-0.2, -0.15) is 13.2 Å². The van der Waals surface area contributed by atoms with E-state index in [9.17, 15) is 27.2 Å². The normalized spacial score (nSPS) is 15.7. The first kappa shape index (κ1) is 18.2. The predicted octanol–water partition coefficient (Wildman–Crippen LogP) is 2.06. The number of halogens is 4. The van der Waals surface area contributed by atoms with Crippen LogP contribution in [-0.2, 0) is 15.8 Å². The molecule has 24 heavy (non-hydrogen) atoms. The van der Waals surface area contributed by atoms with Crippen molar-refractivity contribution in [1.29, 1.82) is 0 Å². The molecule has 9 heteroatoms. The zero-order valence-electron chi connectivity index (χ0n) is 12.5. The van der Waals surface area contributed by atoms with Crippen molar-refractivity contribution in [3.05, 3.63) is 29.6 Å². The fourth-order valence-electron chi connectivity index (χ4n) is 2.34. The average molecular weight is 348 g/mol. The number of rotatable bonds is 5. The molecule has 1 aliphatic rings. The monoisotopic (exact) mass is 348 g/mol. The van der Waals surface area contributed by atoms with Gasteiger partial charge in [-0.15, -0.1) is 0 Å². The molecule has 0 aliphatic heterocycles. The third-order valence-corrected chi connectivity index (χ3v) is 3.69. The Hall–Kier alpha value is -2.16. The number of aliphatic hydroxyl groups is 1. The Balaban J connectivity index is 2.07. The number of carbonyl (C=O) groups excluding carboxylic acids is 2. The number of amides is 2. The Morgan fingerprint density at radius 2 is 1.92 bits per heavy atom. The van der Waals surface area contributed by atoms with Crippen LogP contribution in [0.2, 0.25) is 0 Å². The molecule has 0 bridgehead atoms. The van der Waals surface area contributed by atoms with E-state index >= 15 is 0 Å². The van der Waals surface area contributed by atoms with Crippen molar-refractivity contribution in [2.45, 2.75) is 31.5 Å². The second-order valence-corrected chi connectivity index (χ2v) is 5.57. The van der Waals surface area contributed by atoms with E-state index in [1.807, 2.05) is 5.32 Å². The molecule has 2 amide bonds. The van der Waals surface area contributed by atoms with Gasteiger partial charge in [0.1, 0.15) is 5.82 Å². The molecular weight excluding hydrogens is 332 g/mol. The van der Waals surface area contributed by atoms with E-state index in [-0.39, 0.29) is 25.0 Å². The van der Waals surface area contributed by atoms with Crippen LogP contribution in [0, 0.1) is 11.7 Å². The molecule has 1 fully saturated rings. The van der Waals surface area contributed by atoms with Crippen molar-refractivity contribution in [1.82, 2.24) is 5.32 Å². The topological polar surface area (TPSA) is 78.4 Å². The molecule has 1 aliphatic carbocycles. The van der Waals surface area contributed by atoms with Crippen LogP contribution >= 0.6 is 0 Å². The minimum Gasteiger partial charge on any atom is -0.396 e. The van der Waals surface area contributed by atoms with Gasteiger partial charge >= 0.3 is 18.0 Å². The van der Waals surface area contributed by atoms with Crippen molar-refractivity contribution in [3.8, 4) is 0 Å². The lowest BCUT2D eigenvalue weighted by Crippen LogP contribution is -2.43. The van der Waals surface area contributed by atoms with Crippen LogP contribution in [0.25, 0.3) is 0 Å². The third kappa shape index (κ3) is 4.67. The van der Waals surface area contributed by atoms with Gasteiger partial charge in [-0.05, 0) is 43.4 Å². The number of alkyl halides is 3. The van der Waals surface area contributed by atoms with Crippen molar-refractivity contribution in [2.24, 2.45) is 5.92 Å². The lowest BCUT2D eigenvalue weighted by Gasteiger charge is -2.17. The van der Waals surface area contributed by atoms with E-state index in [0.29, 0.717) is 0 Å². The number of aliphatic hydroxyl groups excluding tert-OH is 1. The molecule has 0 radical (unpaired) electrons. The van der Waals surface area contributed by atoms with Gasteiger partial charge in [-0.25, -0.2) is 4.39 Å². The standard InChI is InChI=1S/C15H16F4N2O3/c16-9-3-4-12(10(7-9)15(17,18)19)21-14(24)13(23)20-11(5-6-22)8-1-2-8/h3-4,7-8,11,22H,1-2,5-6H2,(H,20,23)(H,21,24). The minimum absolute atomic E-state index is 0.158. The van der Waals surface area contributed by atoms with Crippen molar-refractivity contribution >= 4 is 17.5 Å². The number of hydrogen-bond acceptors (Lipinski definition) is 3. The van der Waals surface area contributed by atoms with Gasteiger partial charge in [-0.3, -0.25) is 9.59 Å². The molecular formula is C15H16F4N2O3. The average Bonchev–Trinajstić information content (AvgIpc) is 3.32. The molecule has 1 saturated carbocycles. The van der Waals surface area contributed by atoms with E-state index in [1.54, 1.807) is 0 Å². The van der Waals surface area contributed by atoms with E-state index < -0.39 is 41.1 Å². The molecule has 2 rings (SSSR count). The number of hydrogen-bond donors (Lipinski definition) is 3. The maximum Gasteiger partial charge on any atom is 0.418 e. The minimum atomic E-state index is -4.88. The number of nitrogens with one attached hydrogen (secondary N) is 2. The van der Waals surface area contributed by atoms with Gasteiger partial charge in [0.05, 0.1) is 11.3 Å². The molecule has 0 heterocycles. The Bertz CT molecular complexity index is 630. The van der Waals surface area contributed by atoms with E-state index in [4.69, 9.17) is 5.11 Å². The maximum absolute atomic E-state index is 13.0. The van der Waals surface area contributed by atoms with Gasteiger partial charge in [-0.1, -0.05) is 0 Å². The quantitative estimate of drug-likeness (QED) is 0.563. The van der Waals surface area contributed by atoms with Gasteiger partial charge in [0.25, 0.3) is 0 Å². The summed E-state index contributed by atoms with van der Waals surface area (Å²) in [6.45, 7) is -0.181. The second kappa shape index (κ2) is 7.16. The van der Waals surface area contributed by atoms with Gasteiger partial charge in [0.15, 0.2) is 0 Å². The molecule has 0 saturated heterocycles. The van der Waals surface area contributed by atoms with Crippen LogP contribution in [-0.4, -0.2) is 29.6 Å². The number of benzene rings is 1. The lowest BCUT2D eigenvalue weighted by molar-refractivity contribution is -0.138. The van der Waals surface area contributed by atoms with Gasteiger partial charge in [0, 0.05) is 12.6 Å². The Kier molecular flexibility index (Phi) is 5.43. The first-order chi connectivity index (χ1) is 11.2. The van der Waals surface area contributed by atoms with Gasteiger partial charge < -0.3 is 15.7 Å². The molecule has 3 N–H and O–H groups in total. The van der Waals surface area contributed by atoms with Crippen molar-refractivity contribution in [3.63, 3.8) is 0 Å². The van der Waals surface area contributed by atoms with E-state index in [1.165, 1.54) is 0 Å². The maximum atomic E-state index is 13.0. The molecule has 0 spiro atoms. The zero-order chi connectivity index (χ0) is 17.9. The molecule has 1 aromatic carbocycles. The summed E-state index contributed by atoms with van der Waals surface area (Å²) in [7, 11) is 0. The second-order valence-electron chi connectivity index (χ2n) is 5.57. The molecule has 0 aromatic heterocycles. The molecule has 5 nitrogen and oxygen atoms in total. The number of carbonyl (C=O) groups is 2. The van der Waals surface area contributed by atoms with Crippen LogP contribution in [0.3, 0.4) is 0 Å². The van der Waals surface area contributed by atoms with E-state index in [2.05, 4.69) is 5.32 Å². The first-order valence-corrected chi connectivity index (χ1v) is 7.32. The molecule has 132 valence electrons. The van der Waals surface area contributed by atoms with E-state index in [0.717, 1.165) is 25.0 Å². The van der Waals surface area contributed by atoms with Crippen molar-refractivity contribution in [2.75, 3.05) is 11.9 Å². The van der Waals surface area contributed by atoms with Crippen LogP contribution in [0.1, 0.15) is 24.8 Å². The summed E-state index contributed by atoms with van der Waals surface area (Å²) in [5, 5.41) is 13.2. The Morgan fingerprint density at radius 1 is 1.25 bits per heavy atom. The van der Waals surface area contributed by atoms with Crippen molar-refractivity contribution < 1.29 is 32.3 Å². The fourth-order valence-corrected chi connectivity index (χ4v) is 2.34. The summed E-state index contributed by atoms with van der Waals surface area (Å²) in [6, 6.07) is 1.34. The summed E-state index contributed by atoms with van der Waals surface area (Å²) in [4.78, 5) is 23.6. The van der Waals surface area contributed by atoms with Crippen LogP contribution in [0.4, 0.5) is 23.2 Å². The Morgan fingerprint density at radius 3 is 2.46 bits per heavy atom. The largest absolute Gasteiger partial charge is 0.418 e. The highest BCUT2D eigenvalue weighted by Crippen LogP contribution is 2.35. The molecule has 1 unspecified atom stereocenters. The molecule has 1 atom stereocenters. The summed E-state index contributed by atoms with van der Waals surface area (Å²) in [5.41, 5.74) is -2.08. The highest BCUT2D eigenvalue weighted by Gasteiger charge is 2.36. The van der Waals surface area contributed by atoms with Gasteiger partial charge in [0.2, 0.25) is 0 Å². The zero-order valence-corrected chi connectivity index (χ0v) is 12.5. The number of anilines is 1. The first-order valence-electron chi connectivity index (χ1n) is 7.32. The highest BCUT2D eigenvalue weighted by atomic mass is 19.4. The summed E-state index contributed by atoms with van der Waals surface area (Å²) < 4.78 is 51.6. The van der Waals surface area contributed by atoms with Crippen LogP contribution in [0.15, 0.2) is 18.2 Å². The summed E-state index contributed by atoms with van der Waals surface area (Å²) >= 11 is 0. The summed E-state index contributed by atoms with van der Waals surface area (Å²) in [5.74, 6) is -3.33. The fraction of sp³-hybridized carbons (Fsp3) is 0.467. The summed E-state index contributed by atoms with van der Waals surface area (Å²) in [6.07, 6.45) is -2.92. The highest BCUT2D eigenvalue weighted by molar-refractivity contribution is 6.39.